The molecule has 234 valence electrons. The average molecular weight is 623 g/mol. The van der Waals surface area contributed by atoms with Crippen LogP contribution in [0.1, 0.15) is 83.0 Å². The maximum atomic E-state index is 13.6. The number of aliphatic carboxylic acids is 1. The molecular weight excluding hydrogens is 584 g/mol. The van der Waals surface area contributed by atoms with E-state index in [1.165, 1.54) is 13.0 Å². The Hall–Kier alpha value is -4.18. The average Bonchev–Trinajstić information content (AvgIpc) is 3.57. The fraction of sp³-hybridized carbons (Fsp3) is 0.424. The lowest BCUT2D eigenvalue weighted by Gasteiger charge is -2.31. The number of rotatable bonds is 11. The Morgan fingerprint density at radius 3 is 2.25 bits per heavy atom. The van der Waals surface area contributed by atoms with Gasteiger partial charge in [0.25, 0.3) is 5.91 Å². The zero-order valence-corrected chi connectivity index (χ0v) is 26.0. The van der Waals surface area contributed by atoms with Gasteiger partial charge in [-0.2, -0.15) is 0 Å². The van der Waals surface area contributed by atoms with E-state index in [9.17, 15) is 29.1 Å². The molecule has 0 aromatic heterocycles. The lowest BCUT2D eigenvalue weighted by atomic mass is 9.81. The molecule has 2 aliphatic rings. The van der Waals surface area contributed by atoms with Crippen LogP contribution in [0.4, 0.5) is 5.69 Å². The fourth-order valence-electron chi connectivity index (χ4n) is 6.11. The molecule has 11 heteroatoms. The van der Waals surface area contributed by atoms with Gasteiger partial charge in [-0.05, 0) is 74.1 Å². The summed E-state index contributed by atoms with van der Waals surface area (Å²) in [6.07, 6.45) is 5.02. The van der Waals surface area contributed by atoms with E-state index in [-0.39, 0.29) is 29.3 Å². The second-order valence-electron chi connectivity index (χ2n) is 11.5. The Kier molecular flexibility index (Phi) is 10.5. The van der Waals surface area contributed by atoms with E-state index in [1.807, 2.05) is 6.92 Å². The molecule has 4 amide bonds. The topological polar surface area (TPSA) is 136 Å². The highest BCUT2D eigenvalue weighted by molar-refractivity contribution is 6.30. The number of nitrogens with zero attached hydrogens (tertiary/aromatic N) is 2. The number of carboxylic acids is 1. The molecule has 2 aromatic carbocycles. The van der Waals surface area contributed by atoms with Crippen LogP contribution < -0.4 is 15.5 Å². The smallest absolute Gasteiger partial charge is 0.352 e. The summed E-state index contributed by atoms with van der Waals surface area (Å²) in [4.78, 5) is 66.8. The molecule has 0 radical (unpaired) electrons. The lowest BCUT2D eigenvalue weighted by molar-refractivity contribution is -0.137. The molecule has 10 nitrogen and oxygen atoms in total. The Bertz CT molecular complexity index is 1430. The van der Waals surface area contributed by atoms with Crippen LogP contribution in [-0.4, -0.2) is 52.2 Å². The van der Waals surface area contributed by atoms with Crippen molar-refractivity contribution in [2.24, 2.45) is 5.41 Å². The van der Waals surface area contributed by atoms with Crippen molar-refractivity contribution in [1.82, 2.24) is 15.5 Å². The van der Waals surface area contributed by atoms with Crippen molar-refractivity contribution in [3.8, 4) is 0 Å². The minimum absolute atomic E-state index is 0.130. The van der Waals surface area contributed by atoms with Gasteiger partial charge in [0.1, 0.15) is 17.9 Å². The molecule has 2 fully saturated rings. The van der Waals surface area contributed by atoms with Crippen LogP contribution in [0.5, 0.6) is 0 Å². The SMILES string of the molecule is CCCC(=O)N1C(c2ccc(Cl)cc2)N(c2ccc(/C=C(\NC(=O)C3(CCNC(C)=O)CCCC3)C(=O)O)cc2)C(=O)[C@H]1C. The number of anilines is 1. The second kappa shape index (κ2) is 14.1. The van der Waals surface area contributed by atoms with Crippen LogP contribution in [0.2, 0.25) is 5.02 Å². The Labute approximate surface area is 262 Å². The Morgan fingerprint density at radius 1 is 1.05 bits per heavy atom. The predicted molar refractivity (Wildman–Crippen MR) is 167 cm³/mol. The summed E-state index contributed by atoms with van der Waals surface area (Å²) < 4.78 is 0. The largest absolute Gasteiger partial charge is 0.477 e. The normalized spacial score (nSPS) is 19.6. The number of benzene rings is 2. The molecule has 1 saturated heterocycles. The molecule has 0 spiro atoms. The van der Waals surface area contributed by atoms with Crippen LogP contribution in [-0.2, 0) is 24.0 Å². The van der Waals surface area contributed by atoms with E-state index >= 15 is 0 Å². The molecule has 1 unspecified atom stereocenters. The number of amides is 4. The molecular formula is C33H39ClN4O6. The van der Waals surface area contributed by atoms with Gasteiger partial charge in [0.05, 0.1) is 5.41 Å². The van der Waals surface area contributed by atoms with Crippen molar-refractivity contribution < 1.29 is 29.1 Å². The number of nitrogens with one attached hydrogen (secondary N) is 2. The Morgan fingerprint density at radius 2 is 1.68 bits per heavy atom. The number of carboxylic acid groups (broad SMARTS) is 1. The van der Waals surface area contributed by atoms with E-state index in [4.69, 9.17) is 11.6 Å². The van der Waals surface area contributed by atoms with Gasteiger partial charge >= 0.3 is 5.97 Å². The van der Waals surface area contributed by atoms with Gasteiger partial charge in [0.2, 0.25) is 17.7 Å². The lowest BCUT2D eigenvalue weighted by Crippen LogP contribution is -2.42. The van der Waals surface area contributed by atoms with E-state index < -0.39 is 23.6 Å². The Balaban J connectivity index is 1.60. The maximum absolute atomic E-state index is 13.6. The summed E-state index contributed by atoms with van der Waals surface area (Å²) in [7, 11) is 0. The van der Waals surface area contributed by atoms with Crippen LogP contribution >= 0.6 is 11.6 Å². The summed E-state index contributed by atoms with van der Waals surface area (Å²) >= 11 is 6.12. The van der Waals surface area contributed by atoms with E-state index in [1.54, 1.807) is 65.3 Å². The van der Waals surface area contributed by atoms with Gasteiger partial charge in [0, 0.05) is 30.6 Å². The molecule has 1 aliphatic heterocycles. The number of halogens is 1. The maximum Gasteiger partial charge on any atom is 0.352 e. The van der Waals surface area contributed by atoms with Crippen molar-refractivity contribution in [2.75, 3.05) is 11.4 Å². The first-order valence-electron chi connectivity index (χ1n) is 15.0. The molecule has 0 bridgehead atoms. The van der Waals surface area contributed by atoms with Crippen LogP contribution in [0.3, 0.4) is 0 Å². The number of hydrogen-bond acceptors (Lipinski definition) is 5. The van der Waals surface area contributed by atoms with E-state index in [0.717, 1.165) is 18.4 Å². The first kappa shape index (κ1) is 32.7. The second-order valence-corrected chi connectivity index (χ2v) is 11.9. The number of carbonyl (C=O) groups excluding carboxylic acids is 4. The summed E-state index contributed by atoms with van der Waals surface area (Å²) in [5.74, 6) is -2.21. The van der Waals surface area contributed by atoms with Crippen molar-refractivity contribution >= 4 is 53.0 Å². The van der Waals surface area contributed by atoms with Crippen molar-refractivity contribution in [2.45, 2.75) is 77.9 Å². The van der Waals surface area contributed by atoms with Gasteiger partial charge in [0.15, 0.2) is 0 Å². The van der Waals surface area contributed by atoms with Crippen molar-refractivity contribution in [3.63, 3.8) is 0 Å². The van der Waals surface area contributed by atoms with Gasteiger partial charge < -0.3 is 20.6 Å². The number of hydrogen-bond donors (Lipinski definition) is 3. The predicted octanol–water partition coefficient (Wildman–Crippen LogP) is 5.03. The van der Waals surface area contributed by atoms with E-state index in [2.05, 4.69) is 10.6 Å². The zero-order chi connectivity index (χ0) is 32.0. The van der Waals surface area contributed by atoms with Crippen molar-refractivity contribution in [3.05, 3.63) is 70.4 Å². The highest BCUT2D eigenvalue weighted by Crippen LogP contribution is 2.42. The van der Waals surface area contributed by atoms with E-state index in [0.29, 0.717) is 54.9 Å². The first-order chi connectivity index (χ1) is 21.0. The third-order valence-electron chi connectivity index (χ3n) is 8.42. The molecule has 2 atom stereocenters. The van der Waals surface area contributed by atoms with Crippen LogP contribution in [0.15, 0.2) is 54.2 Å². The monoisotopic (exact) mass is 622 g/mol. The zero-order valence-electron chi connectivity index (χ0n) is 25.3. The quantitative estimate of drug-likeness (QED) is 0.301. The third-order valence-corrected chi connectivity index (χ3v) is 8.67. The molecule has 1 saturated carbocycles. The van der Waals surface area contributed by atoms with Gasteiger partial charge in [-0.25, -0.2) is 4.79 Å². The standard InChI is InChI=1S/C33H39ClN4O6/c1-4-7-28(40)37-21(2)30(41)38(29(37)24-10-12-25(34)13-11-24)26-14-8-23(9-15-26)20-27(31(42)43)36-32(44)33(16-5-6-17-33)18-19-35-22(3)39/h8-15,20-21,29H,4-7,16-19H2,1-3H3,(H,35,39)(H,36,44)(H,42,43)/b27-20-/t21-,29?/m1/s1. The van der Waals surface area contributed by atoms with Gasteiger partial charge in [-0.15, -0.1) is 0 Å². The fourth-order valence-corrected chi connectivity index (χ4v) is 6.24. The van der Waals surface area contributed by atoms with Crippen LogP contribution in [0, 0.1) is 5.41 Å². The minimum atomic E-state index is -1.28. The summed E-state index contributed by atoms with van der Waals surface area (Å²) in [5, 5.41) is 15.8. The highest BCUT2D eigenvalue weighted by Gasteiger charge is 2.47. The highest BCUT2D eigenvalue weighted by atomic mass is 35.5. The molecule has 4 rings (SSSR count). The summed E-state index contributed by atoms with van der Waals surface area (Å²) in [6, 6.07) is 13.1. The first-order valence-corrected chi connectivity index (χ1v) is 15.4. The molecule has 44 heavy (non-hydrogen) atoms. The third kappa shape index (κ3) is 7.13. The molecule has 2 aromatic rings. The summed E-state index contributed by atoms with van der Waals surface area (Å²) in [6.45, 7) is 5.38. The molecule has 3 N–H and O–H groups in total. The van der Waals surface area contributed by atoms with Crippen molar-refractivity contribution in [1.29, 1.82) is 0 Å². The molecule has 1 heterocycles. The van der Waals surface area contributed by atoms with Gasteiger partial charge in [-0.3, -0.25) is 24.1 Å². The van der Waals surface area contributed by atoms with Gasteiger partial charge in [-0.1, -0.05) is 55.6 Å². The minimum Gasteiger partial charge on any atom is -0.477 e. The number of carbonyl (C=O) groups is 5. The molecule has 1 aliphatic carbocycles. The van der Waals surface area contributed by atoms with Crippen LogP contribution in [0.25, 0.3) is 6.08 Å². The summed E-state index contributed by atoms with van der Waals surface area (Å²) in [5.41, 5.74) is 0.762.